The maximum absolute atomic E-state index is 13.3. The molecule has 3 fully saturated rings. The molecule has 3 aliphatic rings. The highest BCUT2D eigenvalue weighted by Crippen LogP contribution is 2.33. The molecule has 17 unspecified atom stereocenters. The Morgan fingerprint density at radius 1 is 0.425 bits per heavy atom. The van der Waals surface area contributed by atoms with Crippen molar-refractivity contribution < 1.29 is 89.4 Å². The highest BCUT2D eigenvalue weighted by atomic mass is 16.8. The zero-order chi connectivity index (χ0) is 63.3. The molecule has 0 spiro atoms. The molecule has 0 aromatic carbocycles. The molecule has 17 atom stereocenters. The quantitative estimate of drug-likeness (QED) is 0.0202. The van der Waals surface area contributed by atoms with Gasteiger partial charge in [0.05, 0.1) is 38.6 Å². The molecule has 12 N–H and O–H groups in total. The minimum absolute atomic E-state index is 0.249. The van der Waals surface area contributed by atoms with Crippen LogP contribution in [0.5, 0.6) is 0 Å². The number of aliphatic hydroxyl groups excluding tert-OH is 11. The SMILES string of the molecule is CC/C=C\C/C=C\C/C=C\C/C=C\C/C=C\C/C=C\CCCCCCCCCCCCCCCCCCC(=O)NC(COC1OC(CO)C(OC2OC(CO)C(OC3OC(CO)C(O)C(O)C3O)C(O)C2O)C(O)C1O)C(O)CCCCCCCCC. The van der Waals surface area contributed by atoms with Gasteiger partial charge in [-0.25, -0.2) is 0 Å². The standard InChI is InChI=1S/C68H119NO18/c1-3-5-7-9-11-12-13-14-15-16-17-18-19-20-21-22-23-24-25-26-27-28-29-30-31-32-33-34-35-36-37-38-40-42-44-46-56(74)69-51(52(73)45-43-41-39-10-8-6-4-2)50-82-66-62(80)59(77)64(54(48-71)84-66)87-68-63(81)60(78)65(55(49-72)85-68)86-67-61(79)58(76)57(75)53(47-70)83-67/h5,7,11-12,14-15,17-18,20-21,23-24,51-55,57-68,70-73,75-81H,3-4,6,8-10,13,16,19,22,25-50H2,1-2H3,(H,69,74)/b7-5-,12-11-,15-14-,18-17-,21-20-,24-23-. The molecule has 3 aliphatic heterocycles. The molecule has 19 heteroatoms. The Balaban J connectivity index is 1.29. The average molecular weight is 1240 g/mol. The predicted molar refractivity (Wildman–Crippen MR) is 337 cm³/mol. The van der Waals surface area contributed by atoms with Gasteiger partial charge in [0.15, 0.2) is 18.9 Å². The maximum Gasteiger partial charge on any atom is 0.220 e. The van der Waals surface area contributed by atoms with Gasteiger partial charge < -0.3 is 89.9 Å². The van der Waals surface area contributed by atoms with E-state index in [0.29, 0.717) is 12.8 Å². The maximum atomic E-state index is 13.3. The minimum atomic E-state index is -1.97. The van der Waals surface area contributed by atoms with E-state index in [0.717, 1.165) is 96.3 Å². The lowest BCUT2D eigenvalue weighted by atomic mass is 9.96. The van der Waals surface area contributed by atoms with Gasteiger partial charge in [-0.2, -0.15) is 0 Å². The van der Waals surface area contributed by atoms with E-state index in [1.165, 1.54) is 89.9 Å². The smallest absolute Gasteiger partial charge is 0.220 e. The number of amides is 1. The number of carbonyl (C=O) groups is 1. The summed E-state index contributed by atoms with van der Waals surface area (Å²) in [5.41, 5.74) is 0. The molecule has 0 bridgehead atoms. The number of unbranched alkanes of at least 4 members (excludes halogenated alkanes) is 22. The Kier molecular flexibility index (Phi) is 45.0. The molecule has 3 heterocycles. The van der Waals surface area contributed by atoms with Gasteiger partial charge in [0.25, 0.3) is 0 Å². The summed E-state index contributed by atoms with van der Waals surface area (Å²) in [6.45, 7) is 1.61. The first-order valence-corrected chi connectivity index (χ1v) is 33.7. The van der Waals surface area contributed by atoms with Crippen LogP contribution in [0, 0.1) is 0 Å². The number of carbonyl (C=O) groups excluding carboxylic acids is 1. The summed E-state index contributed by atoms with van der Waals surface area (Å²) in [5, 5.41) is 120. The van der Waals surface area contributed by atoms with Crippen molar-refractivity contribution >= 4 is 5.91 Å². The van der Waals surface area contributed by atoms with Gasteiger partial charge in [0, 0.05) is 6.42 Å². The molecular weight excluding hydrogens is 1120 g/mol. The third-order valence-electron chi connectivity index (χ3n) is 16.5. The van der Waals surface area contributed by atoms with E-state index in [1.807, 2.05) is 0 Å². The van der Waals surface area contributed by atoms with E-state index >= 15 is 0 Å². The van der Waals surface area contributed by atoms with Gasteiger partial charge in [-0.05, 0) is 64.2 Å². The van der Waals surface area contributed by atoms with E-state index < -0.39 is 124 Å². The molecule has 1 amide bonds. The minimum Gasteiger partial charge on any atom is -0.394 e. The number of aliphatic hydroxyl groups is 11. The fraction of sp³-hybridized carbons (Fsp3) is 0.809. The van der Waals surface area contributed by atoms with Crippen LogP contribution in [0.15, 0.2) is 72.9 Å². The number of allylic oxidation sites excluding steroid dienone is 12. The lowest BCUT2D eigenvalue weighted by Gasteiger charge is -2.48. The second-order valence-electron chi connectivity index (χ2n) is 23.9. The summed E-state index contributed by atoms with van der Waals surface area (Å²) in [4.78, 5) is 13.3. The van der Waals surface area contributed by atoms with E-state index in [2.05, 4.69) is 92.1 Å². The first kappa shape index (κ1) is 78.5. The van der Waals surface area contributed by atoms with Crippen molar-refractivity contribution in [2.24, 2.45) is 0 Å². The summed E-state index contributed by atoms with van der Waals surface area (Å²) in [6, 6.07) is -0.886. The van der Waals surface area contributed by atoms with Crippen molar-refractivity contribution in [3.05, 3.63) is 72.9 Å². The zero-order valence-corrected chi connectivity index (χ0v) is 53.0. The van der Waals surface area contributed by atoms with Gasteiger partial charge in [-0.15, -0.1) is 0 Å². The number of rotatable bonds is 50. The van der Waals surface area contributed by atoms with Crippen molar-refractivity contribution in [1.29, 1.82) is 0 Å². The van der Waals surface area contributed by atoms with Gasteiger partial charge in [-0.3, -0.25) is 4.79 Å². The van der Waals surface area contributed by atoms with Crippen LogP contribution in [0.2, 0.25) is 0 Å². The first-order chi connectivity index (χ1) is 42.3. The van der Waals surface area contributed by atoms with Crippen molar-refractivity contribution in [3.8, 4) is 0 Å². The van der Waals surface area contributed by atoms with Crippen molar-refractivity contribution in [2.75, 3.05) is 26.4 Å². The Bertz CT molecular complexity index is 1860. The number of hydrogen-bond acceptors (Lipinski definition) is 18. The summed E-state index contributed by atoms with van der Waals surface area (Å²) < 4.78 is 34.2. The Morgan fingerprint density at radius 2 is 0.793 bits per heavy atom. The molecule has 19 nitrogen and oxygen atoms in total. The summed E-state index contributed by atoms with van der Waals surface area (Å²) in [7, 11) is 0. The second kappa shape index (κ2) is 49.9. The molecule has 87 heavy (non-hydrogen) atoms. The van der Waals surface area contributed by atoms with Crippen LogP contribution in [0.3, 0.4) is 0 Å². The zero-order valence-electron chi connectivity index (χ0n) is 53.0. The summed E-state index contributed by atoms with van der Waals surface area (Å²) in [5.74, 6) is -0.249. The molecule has 0 saturated carbocycles. The van der Waals surface area contributed by atoms with Gasteiger partial charge in [0.1, 0.15) is 73.2 Å². The predicted octanol–water partition coefficient (Wildman–Crippen LogP) is 8.16. The highest BCUT2D eigenvalue weighted by Gasteiger charge is 2.53. The lowest BCUT2D eigenvalue weighted by Crippen LogP contribution is -2.66. The molecule has 0 radical (unpaired) electrons. The molecule has 3 saturated heterocycles. The van der Waals surface area contributed by atoms with Crippen molar-refractivity contribution in [1.82, 2.24) is 5.32 Å². The normalized spacial score (nSPS) is 29.0. The van der Waals surface area contributed by atoms with Gasteiger partial charge in [0.2, 0.25) is 5.91 Å². The van der Waals surface area contributed by atoms with Crippen LogP contribution in [0.4, 0.5) is 0 Å². The second-order valence-corrected chi connectivity index (χ2v) is 23.9. The Labute approximate surface area is 521 Å². The van der Waals surface area contributed by atoms with E-state index in [1.54, 1.807) is 0 Å². The average Bonchev–Trinajstić information content (AvgIpc) is 2.35. The molecule has 0 aromatic rings. The number of ether oxygens (including phenoxy) is 6. The largest absolute Gasteiger partial charge is 0.394 e. The van der Waals surface area contributed by atoms with Gasteiger partial charge >= 0.3 is 0 Å². The van der Waals surface area contributed by atoms with E-state index in [-0.39, 0.29) is 18.9 Å². The number of nitrogens with one attached hydrogen (secondary N) is 1. The molecule has 0 aromatic heterocycles. The van der Waals surface area contributed by atoms with E-state index in [9.17, 15) is 61.0 Å². The molecule has 504 valence electrons. The van der Waals surface area contributed by atoms with Crippen LogP contribution in [0.1, 0.15) is 219 Å². The summed E-state index contributed by atoms with van der Waals surface area (Å²) >= 11 is 0. The fourth-order valence-corrected chi connectivity index (χ4v) is 11.1. The van der Waals surface area contributed by atoms with Crippen LogP contribution >= 0.6 is 0 Å². The monoisotopic (exact) mass is 1240 g/mol. The van der Waals surface area contributed by atoms with Crippen LogP contribution in [-0.4, -0.2) is 193 Å². The Hall–Kier alpha value is -2.77. The third-order valence-corrected chi connectivity index (χ3v) is 16.5. The van der Waals surface area contributed by atoms with Crippen molar-refractivity contribution in [2.45, 2.75) is 324 Å². The highest BCUT2D eigenvalue weighted by molar-refractivity contribution is 5.76. The van der Waals surface area contributed by atoms with Gasteiger partial charge in [-0.1, -0.05) is 222 Å². The molecule has 0 aliphatic carbocycles. The fourth-order valence-electron chi connectivity index (χ4n) is 11.1. The van der Waals surface area contributed by atoms with Crippen LogP contribution in [0.25, 0.3) is 0 Å². The molecular formula is C68H119NO18. The number of hydrogen-bond donors (Lipinski definition) is 12. The lowest BCUT2D eigenvalue weighted by molar-refractivity contribution is -0.379. The topological polar surface area (TPSA) is 307 Å². The van der Waals surface area contributed by atoms with Crippen molar-refractivity contribution in [3.63, 3.8) is 0 Å². The van der Waals surface area contributed by atoms with Crippen LogP contribution in [-0.2, 0) is 33.2 Å². The Morgan fingerprint density at radius 3 is 1.24 bits per heavy atom. The molecule has 3 rings (SSSR count). The third kappa shape index (κ3) is 32.4. The van der Waals surface area contributed by atoms with E-state index in [4.69, 9.17) is 28.4 Å². The summed E-state index contributed by atoms with van der Waals surface area (Å²) in [6.07, 6.45) is 34.8. The first-order valence-electron chi connectivity index (χ1n) is 33.7. The van der Waals surface area contributed by atoms with Crippen LogP contribution < -0.4 is 5.32 Å².